The lowest BCUT2D eigenvalue weighted by Crippen LogP contribution is -2.60. The van der Waals surface area contributed by atoms with Crippen LogP contribution in [0.1, 0.15) is 57.5 Å². The van der Waals surface area contributed by atoms with Gasteiger partial charge >= 0.3 is 23.9 Å². The van der Waals surface area contributed by atoms with Gasteiger partial charge in [-0.2, -0.15) is 0 Å². The zero-order valence-corrected chi connectivity index (χ0v) is 23.8. The summed E-state index contributed by atoms with van der Waals surface area (Å²) < 4.78 is 30.3. The number of aromatic nitrogens is 1. The van der Waals surface area contributed by atoms with Crippen molar-refractivity contribution in [3.05, 3.63) is 71.4 Å². The highest BCUT2D eigenvalue weighted by Gasteiger charge is 2.53. The maximum atomic E-state index is 12.3. The molecule has 1 fully saturated rings. The van der Waals surface area contributed by atoms with Crippen molar-refractivity contribution in [1.82, 2.24) is 4.57 Å². The van der Waals surface area contributed by atoms with Crippen molar-refractivity contribution in [2.45, 2.75) is 78.1 Å². The van der Waals surface area contributed by atoms with E-state index in [1.165, 1.54) is 33.3 Å². The summed E-state index contributed by atoms with van der Waals surface area (Å²) in [6.07, 6.45) is -2.21. The van der Waals surface area contributed by atoms with Crippen molar-refractivity contribution in [3.8, 4) is 0 Å². The number of nitrogens with zero attached hydrogens (tertiary/aromatic N) is 1. The van der Waals surface area contributed by atoms with Crippen molar-refractivity contribution >= 4 is 34.8 Å². The lowest BCUT2D eigenvalue weighted by atomic mass is 9.97. The predicted molar refractivity (Wildman–Crippen MR) is 148 cm³/mol. The third-order valence-corrected chi connectivity index (χ3v) is 6.89. The number of para-hydroxylation sites is 1. The van der Waals surface area contributed by atoms with E-state index in [0.717, 1.165) is 28.5 Å². The first-order valence-corrected chi connectivity index (χ1v) is 13.5. The Kier molecular flexibility index (Phi) is 9.44. The summed E-state index contributed by atoms with van der Waals surface area (Å²) >= 11 is 0. The van der Waals surface area contributed by atoms with Crippen molar-refractivity contribution in [3.63, 3.8) is 0 Å². The molecule has 218 valence electrons. The van der Waals surface area contributed by atoms with E-state index in [0.29, 0.717) is 6.42 Å². The van der Waals surface area contributed by atoms with Crippen LogP contribution in [0.3, 0.4) is 0 Å². The van der Waals surface area contributed by atoms with E-state index in [1.807, 2.05) is 35.0 Å². The predicted octanol–water partition coefficient (Wildman–Crippen LogP) is 4.05. The quantitative estimate of drug-likeness (QED) is 0.280. The van der Waals surface area contributed by atoms with Gasteiger partial charge in [-0.1, -0.05) is 49.4 Å². The van der Waals surface area contributed by atoms with E-state index in [4.69, 9.17) is 23.7 Å². The van der Waals surface area contributed by atoms with Crippen LogP contribution in [0.4, 0.5) is 0 Å². The first-order valence-electron chi connectivity index (χ1n) is 13.5. The number of fused-ring (bicyclic) bond motifs is 1. The molecule has 41 heavy (non-hydrogen) atoms. The van der Waals surface area contributed by atoms with Gasteiger partial charge < -0.3 is 28.3 Å². The second-order valence-corrected chi connectivity index (χ2v) is 10.0. The molecule has 0 unspecified atom stereocenters. The highest BCUT2D eigenvalue weighted by Crippen LogP contribution is 2.38. The number of hydrogen-bond donors (Lipinski definition) is 0. The third-order valence-electron chi connectivity index (χ3n) is 6.89. The van der Waals surface area contributed by atoms with Crippen molar-refractivity contribution < 1.29 is 42.9 Å². The van der Waals surface area contributed by atoms with E-state index in [1.54, 1.807) is 0 Å². The molecule has 1 saturated heterocycles. The molecule has 0 bridgehead atoms. The van der Waals surface area contributed by atoms with Gasteiger partial charge in [0.2, 0.25) is 0 Å². The summed E-state index contributed by atoms with van der Waals surface area (Å²) in [6.45, 7) is 6.69. The van der Waals surface area contributed by atoms with Gasteiger partial charge in [0.05, 0.1) is 5.52 Å². The first-order chi connectivity index (χ1) is 19.6. The molecule has 0 amide bonds. The molecular formula is C31H35NO9. The summed E-state index contributed by atoms with van der Waals surface area (Å²) in [7, 11) is 0. The van der Waals surface area contributed by atoms with Gasteiger partial charge in [-0.05, 0) is 35.6 Å². The molecule has 1 aromatic heterocycles. The second-order valence-electron chi connectivity index (χ2n) is 10.0. The molecule has 4 rings (SSSR count). The summed E-state index contributed by atoms with van der Waals surface area (Å²) in [4.78, 5) is 48.3. The van der Waals surface area contributed by atoms with Gasteiger partial charge in [0.15, 0.2) is 24.5 Å². The largest absolute Gasteiger partial charge is 0.463 e. The van der Waals surface area contributed by atoms with Gasteiger partial charge in [-0.3, -0.25) is 19.2 Å². The molecule has 0 saturated carbocycles. The highest BCUT2D eigenvalue weighted by molar-refractivity contribution is 5.84. The Morgan fingerprint density at radius 3 is 1.95 bits per heavy atom. The molecule has 5 atom stereocenters. The molecule has 2 aromatic carbocycles. The van der Waals surface area contributed by atoms with Gasteiger partial charge in [-0.15, -0.1) is 0 Å². The van der Waals surface area contributed by atoms with Crippen LogP contribution in [0.2, 0.25) is 0 Å². The molecule has 10 heteroatoms. The maximum Gasteiger partial charge on any atom is 0.303 e. The Morgan fingerprint density at radius 1 is 0.756 bits per heavy atom. The van der Waals surface area contributed by atoms with E-state index in [-0.39, 0.29) is 6.61 Å². The van der Waals surface area contributed by atoms with Crippen molar-refractivity contribution in [2.75, 3.05) is 6.61 Å². The summed E-state index contributed by atoms with van der Waals surface area (Å²) in [5, 5.41) is 0.958. The molecule has 0 aliphatic carbocycles. The van der Waals surface area contributed by atoms with Crippen LogP contribution in [0, 0.1) is 0 Å². The Balaban J connectivity index is 1.82. The molecule has 1 aliphatic heterocycles. The maximum absolute atomic E-state index is 12.3. The van der Waals surface area contributed by atoms with Gasteiger partial charge in [0, 0.05) is 39.3 Å². The zero-order chi connectivity index (χ0) is 29.7. The fraction of sp³-hybridized carbons (Fsp3) is 0.419. The molecule has 0 radical (unpaired) electrons. The van der Waals surface area contributed by atoms with Crippen molar-refractivity contribution in [1.29, 1.82) is 0 Å². The summed E-state index contributed by atoms with van der Waals surface area (Å²) in [6, 6.07) is 16.1. The molecule has 10 nitrogen and oxygen atoms in total. The number of hydrogen-bond acceptors (Lipinski definition) is 9. The van der Waals surface area contributed by atoms with Gasteiger partial charge in [0.1, 0.15) is 12.7 Å². The molecular weight excluding hydrogens is 530 g/mol. The lowest BCUT2D eigenvalue weighted by molar-refractivity contribution is -0.267. The smallest absolute Gasteiger partial charge is 0.303 e. The molecule has 2 heterocycles. The van der Waals surface area contributed by atoms with Crippen LogP contribution in [-0.4, -0.2) is 59.5 Å². The van der Waals surface area contributed by atoms with Gasteiger partial charge in [0.25, 0.3) is 0 Å². The molecule has 0 N–H and O–H groups in total. The number of esters is 4. The van der Waals surface area contributed by atoms with Crippen LogP contribution in [0.5, 0.6) is 0 Å². The van der Waals surface area contributed by atoms with Crippen molar-refractivity contribution in [2.24, 2.45) is 0 Å². The Labute approximate surface area is 238 Å². The highest BCUT2D eigenvalue weighted by atomic mass is 16.7. The Hall–Kier alpha value is -4.18. The van der Waals surface area contributed by atoms with Crippen LogP contribution in [0.15, 0.2) is 54.7 Å². The minimum atomic E-state index is -1.24. The first kappa shape index (κ1) is 29.8. The monoisotopic (exact) mass is 565 g/mol. The van der Waals surface area contributed by atoms with Crippen LogP contribution in [0.25, 0.3) is 10.9 Å². The zero-order valence-electron chi connectivity index (χ0n) is 23.8. The minimum Gasteiger partial charge on any atom is -0.463 e. The number of benzene rings is 2. The minimum absolute atomic E-state index is 0.288. The standard InChI is InChI=1S/C31H35NO9/c1-6-22-11-13-23(14-12-22)15-24-16-32(26-10-8-7-9-25(24)26)31-30(40-21(5)36)29(39-20(4)35)28(38-19(3)34)27(41-31)17-37-18(2)33/h7-14,16,27-31H,6,15,17H2,1-5H3/t27-,28-,29+,30-,31+/m1/s1. The molecule has 1 aliphatic rings. The van der Waals surface area contributed by atoms with E-state index in [2.05, 4.69) is 31.2 Å². The third kappa shape index (κ3) is 7.13. The second kappa shape index (κ2) is 13.0. The Bertz CT molecular complexity index is 1410. The average Bonchev–Trinajstić information content (AvgIpc) is 3.27. The van der Waals surface area contributed by atoms with Crippen LogP contribution >= 0.6 is 0 Å². The molecule has 0 spiro atoms. The number of carbonyl (C=O) groups excluding carboxylic acids is 4. The van der Waals surface area contributed by atoms with Gasteiger partial charge in [-0.25, -0.2) is 0 Å². The number of rotatable bonds is 9. The number of ether oxygens (including phenoxy) is 5. The normalized spacial score (nSPS) is 22.1. The van der Waals surface area contributed by atoms with Crippen LogP contribution < -0.4 is 0 Å². The van der Waals surface area contributed by atoms with E-state index < -0.39 is 54.5 Å². The summed E-state index contributed by atoms with van der Waals surface area (Å²) in [5.41, 5.74) is 4.15. The van der Waals surface area contributed by atoms with E-state index >= 15 is 0 Å². The van der Waals surface area contributed by atoms with Crippen LogP contribution in [-0.2, 0) is 55.7 Å². The SMILES string of the molecule is CCc1ccc(Cc2cn([C@H]3O[C@H](COC(C)=O)[C@@H](OC(C)=O)[C@H](OC(C)=O)[C@H]3OC(C)=O)c3ccccc23)cc1. The average molecular weight is 566 g/mol. The number of aryl methyl sites for hydroxylation is 1. The fourth-order valence-corrected chi connectivity index (χ4v) is 5.17. The van der Waals surface area contributed by atoms with E-state index in [9.17, 15) is 19.2 Å². The fourth-order valence-electron chi connectivity index (χ4n) is 5.17. The summed E-state index contributed by atoms with van der Waals surface area (Å²) in [5.74, 6) is -2.56. The lowest BCUT2D eigenvalue weighted by Gasteiger charge is -2.44. The number of carbonyl (C=O) groups is 4. The molecule has 3 aromatic rings. The topological polar surface area (TPSA) is 119 Å². The Morgan fingerprint density at radius 2 is 1.34 bits per heavy atom.